The quantitative estimate of drug-likeness (QED) is 0.758. The fourth-order valence-corrected chi connectivity index (χ4v) is 3.30. The number of carbonyl (C=O) groups excluding carboxylic acids is 3. The Morgan fingerprint density at radius 1 is 1.28 bits per heavy atom. The second kappa shape index (κ2) is 8.23. The molecule has 1 unspecified atom stereocenters. The van der Waals surface area contributed by atoms with Crippen molar-refractivity contribution in [2.24, 2.45) is 0 Å². The summed E-state index contributed by atoms with van der Waals surface area (Å²) in [5, 5.41) is 5.24. The number of hydrogen-bond donors (Lipinski definition) is 2. The highest BCUT2D eigenvalue weighted by molar-refractivity contribution is 6.01. The second-order valence-electron chi connectivity index (χ2n) is 8.25. The fraction of sp³-hybridized carbons (Fsp3) is 0.476. The van der Waals surface area contributed by atoms with Crippen molar-refractivity contribution in [2.45, 2.75) is 51.7 Å². The Balaban J connectivity index is 1.64. The number of carbonyl (C=O) groups is 3. The minimum absolute atomic E-state index is 0.255. The molecule has 0 radical (unpaired) electrons. The number of nitrogens with zero attached hydrogens (tertiary/aromatic N) is 1. The first-order chi connectivity index (χ1) is 13.6. The zero-order valence-corrected chi connectivity index (χ0v) is 16.9. The van der Waals surface area contributed by atoms with Gasteiger partial charge < -0.3 is 15.0 Å². The highest BCUT2D eigenvalue weighted by Crippen LogP contribution is 2.28. The van der Waals surface area contributed by atoms with Gasteiger partial charge in [-0.3, -0.25) is 14.9 Å². The normalized spacial score (nSPS) is 20.1. The summed E-state index contributed by atoms with van der Waals surface area (Å²) in [5.41, 5.74) is 1.23. The molecule has 8 heteroatoms. The molecule has 156 valence electrons. The SMILES string of the molecule is CC(C)(C)OC(=O)N1CC=C(c2ccc(NC3CCC(=O)NC3=O)cc2F)CC1. The number of hydrogen-bond acceptors (Lipinski definition) is 5. The molecule has 3 amide bonds. The van der Waals surface area contributed by atoms with Crippen LogP contribution in [0.2, 0.25) is 0 Å². The molecule has 2 aliphatic rings. The van der Waals surface area contributed by atoms with E-state index in [2.05, 4.69) is 10.6 Å². The summed E-state index contributed by atoms with van der Waals surface area (Å²) < 4.78 is 20.1. The first-order valence-corrected chi connectivity index (χ1v) is 9.69. The monoisotopic (exact) mass is 403 g/mol. The van der Waals surface area contributed by atoms with Crippen LogP contribution in [-0.4, -0.2) is 47.5 Å². The lowest BCUT2D eigenvalue weighted by Gasteiger charge is -2.29. The first-order valence-electron chi connectivity index (χ1n) is 9.69. The predicted octanol–water partition coefficient (Wildman–Crippen LogP) is 3.07. The van der Waals surface area contributed by atoms with Gasteiger partial charge in [-0.25, -0.2) is 9.18 Å². The number of nitrogens with one attached hydrogen (secondary N) is 2. The fourth-order valence-electron chi connectivity index (χ4n) is 3.30. The van der Waals surface area contributed by atoms with Crippen molar-refractivity contribution in [2.75, 3.05) is 18.4 Å². The van der Waals surface area contributed by atoms with E-state index < -0.39 is 23.4 Å². The number of benzene rings is 1. The van der Waals surface area contributed by atoms with E-state index >= 15 is 0 Å². The molecule has 0 bridgehead atoms. The van der Waals surface area contributed by atoms with E-state index in [0.29, 0.717) is 37.2 Å². The van der Waals surface area contributed by atoms with E-state index in [4.69, 9.17) is 4.74 Å². The number of piperidine rings is 1. The smallest absolute Gasteiger partial charge is 0.410 e. The van der Waals surface area contributed by atoms with Crippen LogP contribution >= 0.6 is 0 Å². The Morgan fingerprint density at radius 2 is 2.03 bits per heavy atom. The predicted molar refractivity (Wildman–Crippen MR) is 107 cm³/mol. The molecule has 0 aromatic heterocycles. The second-order valence-corrected chi connectivity index (χ2v) is 8.25. The minimum Gasteiger partial charge on any atom is -0.444 e. The van der Waals surface area contributed by atoms with Crippen LogP contribution < -0.4 is 10.6 Å². The van der Waals surface area contributed by atoms with E-state index in [1.54, 1.807) is 17.0 Å². The molecule has 7 nitrogen and oxygen atoms in total. The summed E-state index contributed by atoms with van der Waals surface area (Å²) in [5.74, 6) is -1.10. The Bertz CT molecular complexity index is 860. The Hall–Kier alpha value is -2.90. The average molecular weight is 403 g/mol. The van der Waals surface area contributed by atoms with Gasteiger partial charge in [-0.05, 0) is 57.4 Å². The average Bonchev–Trinajstić information content (AvgIpc) is 2.63. The summed E-state index contributed by atoms with van der Waals surface area (Å²) in [7, 11) is 0. The standard InChI is InChI=1S/C21H26FN3O4/c1-21(2,3)29-20(28)25-10-8-13(9-11-25)15-5-4-14(12-16(15)22)23-17-6-7-18(26)24-19(17)27/h4-5,8,12,17,23H,6-7,9-11H2,1-3H3,(H,24,26,27). The minimum atomic E-state index is -0.561. The molecule has 2 aliphatic heterocycles. The molecule has 0 aliphatic carbocycles. The largest absolute Gasteiger partial charge is 0.444 e. The van der Waals surface area contributed by atoms with Gasteiger partial charge in [0.25, 0.3) is 0 Å². The molecule has 29 heavy (non-hydrogen) atoms. The van der Waals surface area contributed by atoms with Crippen molar-refractivity contribution in [3.8, 4) is 0 Å². The van der Waals surface area contributed by atoms with Gasteiger partial charge in [-0.2, -0.15) is 0 Å². The van der Waals surface area contributed by atoms with Gasteiger partial charge in [0, 0.05) is 30.8 Å². The number of rotatable bonds is 3. The number of ether oxygens (including phenoxy) is 1. The number of halogens is 1. The molecule has 0 saturated carbocycles. The molecule has 1 atom stereocenters. The van der Waals surface area contributed by atoms with Crippen LogP contribution in [0, 0.1) is 5.82 Å². The maximum Gasteiger partial charge on any atom is 0.410 e. The summed E-state index contributed by atoms with van der Waals surface area (Å²) in [6, 6.07) is 4.16. The van der Waals surface area contributed by atoms with Gasteiger partial charge in [-0.15, -0.1) is 0 Å². The zero-order chi connectivity index (χ0) is 21.2. The van der Waals surface area contributed by atoms with Gasteiger partial charge in [0.1, 0.15) is 17.5 Å². The number of imide groups is 1. The van der Waals surface area contributed by atoms with Crippen LogP contribution in [0.25, 0.3) is 5.57 Å². The third-order valence-electron chi connectivity index (χ3n) is 4.76. The Morgan fingerprint density at radius 3 is 2.62 bits per heavy atom. The van der Waals surface area contributed by atoms with Gasteiger partial charge >= 0.3 is 6.09 Å². The van der Waals surface area contributed by atoms with Gasteiger partial charge in [0.15, 0.2) is 0 Å². The summed E-state index contributed by atoms with van der Waals surface area (Å²) in [6.07, 6.45) is 2.61. The first kappa shape index (κ1) is 20.8. The number of anilines is 1. The molecule has 1 aromatic rings. The van der Waals surface area contributed by atoms with Crippen LogP contribution in [0.3, 0.4) is 0 Å². The lowest BCUT2D eigenvalue weighted by Crippen LogP contribution is -2.47. The van der Waals surface area contributed by atoms with Gasteiger partial charge in [-0.1, -0.05) is 6.08 Å². The summed E-state index contributed by atoms with van der Waals surface area (Å²) >= 11 is 0. The van der Waals surface area contributed by atoms with Gasteiger partial charge in [0.05, 0.1) is 0 Å². The van der Waals surface area contributed by atoms with Crippen molar-refractivity contribution in [3.05, 3.63) is 35.7 Å². The zero-order valence-electron chi connectivity index (χ0n) is 16.9. The molecule has 1 fully saturated rings. The maximum absolute atomic E-state index is 14.7. The lowest BCUT2D eigenvalue weighted by molar-refractivity contribution is -0.133. The van der Waals surface area contributed by atoms with Crippen molar-refractivity contribution in [1.29, 1.82) is 0 Å². The van der Waals surface area contributed by atoms with E-state index in [-0.39, 0.29) is 18.4 Å². The van der Waals surface area contributed by atoms with Crippen molar-refractivity contribution < 1.29 is 23.5 Å². The van der Waals surface area contributed by atoms with Crippen LogP contribution in [0.5, 0.6) is 0 Å². The van der Waals surface area contributed by atoms with Crippen LogP contribution in [0.15, 0.2) is 24.3 Å². The van der Waals surface area contributed by atoms with Crippen molar-refractivity contribution in [1.82, 2.24) is 10.2 Å². The molecular formula is C21H26FN3O4. The van der Waals surface area contributed by atoms with E-state index in [1.165, 1.54) is 6.07 Å². The molecule has 2 N–H and O–H groups in total. The summed E-state index contributed by atoms with van der Waals surface area (Å²) in [6.45, 7) is 6.26. The third kappa shape index (κ3) is 5.34. The molecular weight excluding hydrogens is 377 g/mol. The Kier molecular flexibility index (Phi) is 5.91. The van der Waals surface area contributed by atoms with Crippen LogP contribution in [-0.2, 0) is 14.3 Å². The lowest BCUT2D eigenvalue weighted by atomic mass is 9.98. The number of amides is 3. The van der Waals surface area contributed by atoms with Crippen molar-refractivity contribution in [3.63, 3.8) is 0 Å². The highest BCUT2D eigenvalue weighted by atomic mass is 19.1. The highest BCUT2D eigenvalue weighted by Gasteiger charge is 2.27. The molecule has 1 saturated heterocycles. The maximum atomic E-state index is 14.7. The molecule has 2 heterocycles. The van der Waals surface area contributed by atoms with Crippen molar-refractivity contribution >= 4 is 29.2 Å². The van der Waals surface area contributed by atoms with Crippen LogP contribution in [0.4, 0.5) is 14.9 Å². The Labute approximate surface area is 169 Å². The topological polar surface area (TPSA) is 87.7 Å². The van der Waals surface area contributed by atoms with E-state index in [0.717, 1.165) is 5.57 Å². The van der Waals surface area contributed by atoms with Crippen LogP contribution in [0.1, 0.15) is 45.6 Å². The summed E-state index contributed by atoms with van der Waals surface area (Å²) in [4.78, 5) is 36.8. The molecule has 1 aromatic carbocycles. The van der Waals surface area contributed by atoms with Gasteiger partial charge in [0.2, 0.25) is 11.8 Å². The van der Waals surface area contributed by atoms with E-state index in [9.17, 15) is 18.8 Å². The molecule has 3 rings (SSSR count). The molecule has 0 spiro atoms. The van der Waals surface area contributed by atoms with E-state index in [1.807, 2.05) is 26.8 Å². The third-order valence-corrected chi connectivity index (χ3v) is 4.76.